The first kappa shape index (κ1) is 15.7. The first-order valence-electron chi connectivity index (χ1n) is 7.95. The van der Waals surface area contributed by atoms with Crippen molar-refractivity contribution in [2.45, 2.75) is 32.2 Å². The molecule has 2 aromatic rings. The van der Waals surface area contributed by atoms with Crippen molar-refractivity contribution < 1.29 is 9.90 Å². The number of rotatable bonds is 4. The van der Waals surface area contributed by atoms with Crippen molar-refractivity contribution in [3.8, 4) is 0 Å². The fourth-order valence-corrected chi connectivity index (χ4v) is 3.29. The monoisotopic (exact) mass is 314 g/mol. The lowest BCUT2D eigenvalue weighted by Crippen LogP contribution is -2.34. The molecule has 1 aliphatic rings. The first-order chi connectivity index (χ1) is 11.0. The lowest BCUT2D eigenvalue weighted by molar-refractivity contribution is 0.0696. The molecule has 1 aromatic heterocycles. The maximum absolute atomic E-state index is 11.2. The zero-order valence-electron chi connectivity index (χ0n) is 13.6. The van der Waals surface area contributed by atoms with Gasteiger partial charge in [-0.25, -0.2) is 9.78 Å². The molecule has 23 heavy (non-hydrogen) atoms. The van der Waals surface area contributed by atoms with E-state index in [0.29, 0.717) is 11.5 Å². The molecule has 0 radical (unpaired) electrons. The molecule has 3 rings (SSSR count). The van der Waals surface area contributed by atoms with Crippen LogP contribution in [0.5, 0.6) is 0 Å². The number of aromatic nitrogens is 3. The van der Waals surface area contributed by atoms with Gasteiger partial charge in [0.05, 0.1) is 12.1 Å². The minimum Gasteiger partial charge on any atom is -0.478 e. The van der Waals surface area contributed by atoms with Crippen molar-refractivity contribution in [2.24, 2.45) is 7.05 Å². The maximum atomic E-state index is 11.2. The fraction of sp³-hybridized carbons (Fsp3) is 0.471. The van der Waals surface area contributed by atoms with Crippen LogP contribution in [0.3, 0.4) is 0 Å². The number of hydrogen-bond donors (Lipinski definition) is 1. The van der Waals surface area contributed by atoms with Crippen molar-refractivity contribution in [3.63, 3.8) is 0 Å². The molecule has 0 bridgehead atoms. The summed E-state index contributed by atoms with van der Waals surface area (Å²) in [6, 6.07) is 7.33. The summed E-state index contributed by atoms with van der Waals surface area (Å²) < 4.78 is 1.84. The Morgan fingerprint density at radius 2 is 2.26 bits per heavy atom. The van der Waals surface area contributed by atoms with Gasteiger partial charge >= 0.3 is 5.97 Å². The lowest BCUT2D eigenvalue weighted by Gasteiger charge is -2.32. The minimum atomic E-state index is -0.867. The molecule has 1 saturated heterocycles. The van der Waals surface area contributed by atoms with E-state index in [2.05, 4.69) is 15.0 Å². The number of benzene rings is 1. The second-order valence-electron chi connectivity index (χ2n) is 6.20. The Labute approximate surface area is 135 Å². The van der Waals surface area contributed by atoms with Crippen LogP contribution in [-0.4, -0.2) is 43.8 Å². The molecule has 2 heterocycles. The highest BCUT2D eigenvalue weighted by Crippen LogP contribution is 2.28. The van der Waals surface area contributed by atoms with E-state index in [0.717, 1.165) is 49.7 Å². The molecule has 0 saturated carbocycles. The zero-order chi connectivity index (χ0) is 16.4. The Bertz CT molecular complexity index is 710. The van der Waals surface area contributed by atoms with E-state index >= 15 is 0 Å². The molecule has 1 aromatic carbocycles. The summed E-state index contributed by atoms with van der Waals surface area (Å²) in [6.45, 7) is 4.66. The number of nitrogens with zero attached hydrogens (tertiary/aromatic N) is 4. The topological polar surface area (TPSA) is 71.2 Å². The van der Waals surface area contributed by atoms with Gasteiger partial charge in [-0.2, -0.15) is 5.10 Å². The van der Waals surface area contributed by atoms with Crippen molar-refractivity contribution in [2.75, 3.05) is 13.1 Å². The third kappa shape index (κ3) is 3.59. The molecule has 1 atom stereocenters. The Morgan fingerprint density at radius 3 is 2.96 bits per heavy atom. The van der Waals surface area contributed by atoms with E-state index in [1.165, 1.54) is 0 Å². The molecule has 1 N–H and O–H groups in total. The van der Waals surface area contributed by atoms with Crippen molar-refractivity contribution >= 4 is 5.97 Å². The van der Waals surface area contributed by atoms with Crippen LogP contribution in [0.4, 0.5) is 0 Å². The Morgan fingerprint density at radius 1 is 1.43 bits per heavy atom. The molecular formula is C17H22N4O2. The van der Waals surface area contributed by atoms with E-state index in [4.69, 9.17) is 5.11 Å². The number of carbonyl (C=O) groups is 1. The molecule has 6 nitrogen and oxygen atoms in total. The zero-order valence-corrected chi connectivity index (χ0v) is 13.6. The highest BCUT2D eigenvalue weighted by atomic mass is 16.4. The Hall–Kier alpha value is -2.21. The first-order valence-corrected chi connectivity index (χ1v) is 7.95. The standard InChI is InChI=1S/C17H22N4O2/c1-12-18-16(20(2)19-12)11-21-8-4-7-15(10-21)13-5-3-6-14(9-13)17(22)23/h3,5-6,9,15H,4,7-8,10-11H2,1-2H3,(H,22,23)/t15-/m0/s1. The van der Waals surface area contributed by atoms with Crippen LogP contribution in [0.2, 0.25) is 0 Å². The van der Waals surface area contributed by atoms with Gasteiger partial charge in [0.1, 0.15) is 11.6 Å². The van der Waals surface area contributed by atoms with Gasteiger partial charge in [0, 0.05) is 13.6 Å². The van der Waals surface area contributed by atoms with Gasteiger partial charge in [-0.3, -0.25) is 9.58 Å². The molecule has 0 spiro atoms. The van der Waals surface area contributed by atoms with Crippen LogP contribution in [0, 0.1) is 6.92 Å². The number of carboxylic acids is 1. The summed E-state index contributed by atoms with van der Waals surface area (Å²) >= 11 is 0. The average molecular weight is 314 g/mol. The Kier molecular flexibility index (Phi) is 4.43. The number of aromatic carboxylic acids is 1. The lowest BCUT2D eigenvalue weighted by atomic mass is 9.89. The van der Waals surface area contributed by atoms with Crippen LogP contribution in [-0.2, 0) is 13.6 Å². The number of aryl methyl sites for hydroxylation is 2. The summed E-state index contributed by atoms with van der Waals surface area (Å²) in [4.78, 5) is 18.0. The van der Waals surface area contributed by atoms with Crippen molar-refractivity contribution in [1.29, 1.82) is 0 Å². The highest BCUT2D eigenvalue weighted by molar-refractivity contribution is 5.87. The summed E-state index contributed by atoms with van der Waals surface area (Å²) in [5, 5.41) is 13.5. The van der Waals surface area contributed by atoms with Gasteiger partial charge < -0.3 is 5.11 Å². The van der Waals surface area contributed by atoms with E-state index < -0.39 is 5.97 Å². The molecule has 0 unspecified atom stereocenters. The van der Waals surface area contributed by atoms with E-state index in [1.54, 1.807) is 6.07 Å². The van der Waals surface area contributed by atoms with Crippen LogP contribution in [0.25, 0.3) is 0 Å². The van der Waals surface area contributed by atoms with Gasteiger partial charge in [-0.05, 0) is 49.9 Å². The van der Waals surface area contributed by atoms with Crippen LogP contribution >= 0.6 is 0 Å². The molecule has 1 fully saturated rings. The molecule has 0 amide bonds. The summed E-state index contributed by atoms with van der Waals surface area (Å²) in [5.41, 5.74) is 1.48. The highest BCUT2D eigenvalue weighted by Gasteiger charge is 2.23. The number of carboxylic acid groups (broad SMARTS) is 1. The largest absolute Gasteiger partial charge is 0.478 e. The van der Waals surface area contributed by atoms with Gasteiger partial charge in [-0.15, -0.1) is 0 Å². The smallest absolute Gasteiger partial charge is 0.335 e. The Balaban J connectivity index is 1.72. The number of likely N-dealkylation sites (tertiary alicyclic amines) is 1. The second-order valence-corrected chi connectivity index (χ2v) is 6.20. The molecule has 6 heteroatoms. The molecule has 0 aliphatic carbocycles. The van der Waals surface area contributed by atoms with Crippen LogP contribution in [0.1, 0.15) is 46.3 Å². The third-order valence-electron chi connectivity index (χ3n) is 4.43. The summed E-state index contributed by atoms with van der Waals surface area (Å²) in [5.74, 6) is 1.28. The fourth-order valence-electron chi connectivity index (χ4n) is 3.29. The molecule has 122 valence electrons. The van der Waals surface area contributed by atoms with Gasteiger partial charge in [0.2, 0.25) is 0 Å². The van der Waals surface area contributed by atoms with Crippen LogP contribution < -0.4 is 0 Å². The van der Waals surface area contributed by atoms with E-state index in [-0.39, 0.29) is 0 Å². The third-order valence-corrected chi connectivity index (χ3v) is 4.43. The predicted octanol–water partition coefficient (Wildman–Crippen LogP) is 2.20. The quantitative estimate of drug-likeness (QED) is 0.937. The van der Waals surface area contributed by atoms with Gasteiger partial charge in [0.15, 0.2) is 0 Å². The normalized spacial score (nSPS) is 19.0. The van der Waals surface area contributed by atoms with Crippen LogP contribution in [0.15, 0.2) is 24.3 Å². The predicted molar refractivity (Wildman–Crippen MR) is 86.4 cm³/mol. The SMILES string of the molecule is Cc1nc(CN2CCC[C@H](c3cccc(C(=O)O)c3)C2)n(C)n1. The van der Waals surface area contributed by atoms with Crippen molar-refractivity contribution in [1.82, 2.24) is 19.7 Å². The molecular weight excluding hydrogens is 292 g/mol. The maximum Gasteiger partial charge on any atom is 0.335 e. The number of piperidine rings is 1. The average Bonchev–Trinajstić information content (AvgIpc) is 2.85. The van der Waals surface area contributed by atoms with E-state index in [1.807, 2.05) is 36.9 Å². The molecule has 1 aliphatic heterocycles. The van der Waals surface area contributed by atoms with Crippen molar-refractivity contribution in [3.05, 3.63) is 47.0 Å². The summed E-state index contributed by atoms with van der Waals surface area (Å²) in [6.07, 6.45) is 2.20. The minimum absolute atomic E-state index is 0.364. The van der Waals surface area contributed by atoms with Gasteiger partial charge in [0.25, 0.3) is 0 Å². The summed E-state index contributed by atoms with van der Waals surface area (Å²) in [7, 11) is 1.92. The number of hydrogen-bond acceptors (Lipinski definition) is 4. The van der Waals surface area contributed by atoms with E-state index in [9.17, 15) is 4.79 Å². The van der Waals surface area contributed by atoms with Gasteiger partial charge in [-0.1, -0.05) is 12.1 Å². The second kappa shape index (κ2) is 6.50.